The van der Waals surface area contributed by atoms with Gasteiger partial charge in [-0.3, -0.25) is 14.4 Å². The van der Waals surface area contributed by atoms with Gasteiger partial charge in [-0.2, -0.15) is 0 Å². The van der Waals surface area contributed by atoms with E-state index in [1.807, 2.05) is 0 Å². The standard InChI is InChI=1S/3C15H14N2O4.Eu/c3*1-2-16-14(19)12-7-10(8-13(17-12)15(20)21)9-3-5-11(18)6-4-9;/h3*3-8,18H,2H2,1H3,(H,16,19)(H,20,21);. The normalized spacial score (nSPS) is 9.98. The number of carboxylic acids is 3. The van der Waals surface area contributed by atoms with Crippen molar-refractivity contribution < 1.29 is 109 Å². The van der Waals surface area contributed by atoms with Crippen LogP contribution in [0.15, 0.2) is 109 Å². The second kappa shape index (κ2) is 24.5. The fraction of sp³-hybridized carbons (Fsp3) is 0.133. The number of phenols is 3. The van der Waals surface area contributed by atoms with Crippen LogP contribution in [0, 0.1) is 49.4 Å². The molecule has 0 bridgehead atoms. The molecule has 0 aliphatic heterocycles. The Kier molecular flexibility index (Phi) is 19.6. The molecule has 64 heavy (non-hydrogen) atoms. The molecule has 1 radical (unpaired) electrons. The first-order chi connectivity index (χ1) is 30.0. The quantitative estimate of drug-likeness (QED) is 0.0710. The van der Waals surface area contributed by atoms with Crippen molar-refractivity contribution in [2.45, 2.75) is 20.8 Å². The smallest absolute Gasteiger partial charge is 0.354 e. The second-order valence-electron chi connectivity index (χ2n) is 13.0. The van der Waals surface area contributed by atoms with E-state index in [1.54, 1.807) is 57.2 Å². The number of nitrogens with one attached hydrogen (secondary N) is 3. The molecule has 331 valence electrons. The van der Waals surface area contributed by atoms with Crippen LogP contribution in [0.5, 0.6) is 17.2 Å². The van der Waals surface area contributed by atoms with E-state index in [2.05, 4.69) is 30.9 Å². The maximum Gasteiger partial charge on any atom is 0.354 e. The van der Waals surface area contributed by atoms with Crippen molar-refractivity contribution in [1.82, 2.24) is 30.9 Å². The number of aromatic carboxylic acids is 3. The molecule has 3 aromatic carbocycles. The van der Waals surface area contributed by atoms with Gasteiger partial charge in [0.15, 0.2) is 0 Å². The predicted molar refractivity (Wildman–Crippen MR) is 229 cm³/mol. The van der Waals surface area contributed by atoms with Gasteiger partial charge in [0.25, 0.3) is 17.7 Å². The molecule has 0 saturated carbocycles. The van der Waals surface area contributed by atoms with Crippen molar-refractivity contribution in [1.29, 1.82) is 0 Å². The number of nitrogens with zero attached hydrogens (tertiary/aromatic N) is 3. The zero-order valence-electron chi connectivity index (χ0n) is 34.4. The summed E-state index contributed by atoms with van der Waals surface area (Å²) >= 11 is 0. The van der Waals surface area contributed by atoms with Crippen molar-refractivity contribution in [3.05, 3.63) is 143 Å². The summed E-state index contributed by atoms with van der Waals surface area (Å²) in [6.07, 6.45) is 0. The Hall–Kier alpha value is -7.09. The minimum Gasteiger partial charge on any atom is -0.508 e. The van der Waals surface area contributed by atoms with E-state index < -0.39 is 35.6 Å². The number of carbonyl (C=O) groups excluding carboxylic acids is 3. The number of rotatable bonds is 12. The van der Waals surface area contributed by atoms with Crippen LogP contribution in [0.2, 0.25) is 0 Å². The van der Waals surface area contributed by atoms with Gasteiger partial charge in [-0.05, 0) is 127 Å². The first kappa shape index (κ1) is 51.3. The van der Waals surface area contributed by atoms with Crippen LogP contribution in [0.4, 0.5) is 0 Å². The molecule has 0 spiro atoms. The van der Waals surface area contributed by atoms with E-state index in [0.29, 0.717) is 53.0 Å². The minimum absolute atomic E-state index is 0. The summed E-state index contributed by atoms with van der Waals surface area (Å²) in [5.41, 5.74) is 3.19. The summed E-state index contributed by atoms with van der Waals surface area (Å²) in [7, 11) is 0. The van der Waals surface area contributed by atoms with Gasteiger partial charge in [0.1, 0.15) is 51.4 Å². The van der Waals surface area contributed by atoms with Crippen LogP contribution in [0.3, 0.4) is 0 Å². The van der Waals surface area contributed by atoms with E-state index in [-0.39, 0.29) is 101 Å². The fourth-order valence-corrected chi connectivity index (χ4v) is 5.48. The second-order valence-corrected chi connectivity index (χ2v) is 13.0. The van der Waals surface area contributed by atoms with Crippen molar-refractivity contribution in [2.24, 2.45) is 0 Å². The third-order valence-corrected chi connectivity index (χ3v) is 8.45. The van der Waals surface area contributed by atoms with Gasteiger partial charge in [0, 0.05) is 69.0 Å². The van der Waals surface area contributed by atoms with Gasteiger partial charge < -0.3 is 46.6 Å². The summed E-state index contributed by atoms with van der Waals surface area (Å²) in [4.78, 5) is 80.5. The number of amides is 3. The minimum atomic E-state index is -1.21. The van der Waals surface area contributed by atoms with E-state index in [0.717, 1.165) is 0 Å². The SMILES string of the molecule is CCNC(=O)c1cc(-c2ccc(O)cc2)cc(C(=O)O)n1.CCNC(=O)c1cc(-c2ccc(O)cc2)cc(C(=O)O)n1.CCNC(=O)c1cc(-c2ccc(O)cc2)cc(C(=O)O)n1.[Eu]. The molecule has 18 nitrogen and oxygen atoms in total. The number of hydrogen-bond donors (Lipinski definition) is 9. The third kappa shape index (κ3) is 14.8. The average molecular weight is 1010 g/mol. The van der Waals surface area contributed by atoms with E-state index >= 15 is 0 Å². The first-order valence-electron chi connectivity index (χ1n) is 19.0. The number of hydrogen-bond acceptors (Lipinski definition) is 12. The van der Waals surface area contributed by atoms with Crippen LogP contribution in [0.1, 0.15) is 83.7 Å². The summed E-state index contributed by atoms with van der Waals surface area (Å²) < 4.78 is 0. The molecule has 0 fully saturated rings. The molecule has 0 saturated heterocycles. The predicted octanol–water partition coefficient (Wildman–Crippen LogP) is 5.71. The number of carbonyl (C=O) groups is 6. The molecule has 3 aromatic heterocycles. The summed E-state index contributed by atoms with van der Waals surface area (Å²) in [5, 5.41) is 62.9. The molecule has 6 rings (SSSR count). The molecule has 0 aliphatic carbocycles. The van der Waals surface area contributed by atoms with Gasteiger partial charge in [-0.15, -0.1) is 0 Å². The van der Waals surface area contributed by atoms with Crippen LogP contribution < -0.4 is 16.0 Å². The van der Waals surface area contributed by atoms with Crippen molar-refractivity contribution in [2.75, 3.05) is 19.6 Å². The Labute approximate surface area is 406 Å². The van der Waals surface area contributed by atoms with Gasteiger partial charge in [0.05, 0.1) is 0 Å². The summed E-state index contributed by atoms with van der Waals surface area (Å²) in [5.74, 6) is -4.59. The molecular formula is C45H42EuN6O12. The Morgan fingerprint density at radius 2 is 0.578 bits per heavy atom. The maximum atomic E-state index is 11.9. The van der Waals surface area contributed by atoms with Crippen molar-refractivity contribution >= 4 is 35.6 Å². The monoisotopic (exact) mass is 1010 g/mol. The molecule has 0 atom stereocenters. The van der Waals surface area contributed by atoms with Crippen molar-refractivity contribution in [3.63, 3.8) is 0 Å². The summed E-state index contributed by atoms with van der Waals surface area (Å²) in [6, 6.07) is 27.5. The number of pyridine rings is 3. The number of benzene rings is 3. The molecule has 3 amide bonds. The molecule has 0 unspecified atom stereocenters. The Morgan fingerprint density at radius 1 is 0.375 bits per heavy atom. The Bertz CT molecular complexity index is 2340. The first-order valence-corrected chi connectivity index (χ1v) is 19.0. The Morgan fingerprint density at radius 3 is 0.766 bits per heavy atom. The zero-order valence-corrected chi connectivity index (χ0v) is 36.8. The Balaban J connectivity index is 0.000000253. The number of aromatic hydroxyl groups is 3. The number of phenolic OH excluding ortho intramolecular Hbond substituents is 3. The number of aromatic nitrogens is 3. The fourth-order valence-electron chi connectivity index (χ4n) is 5.48. The van der Waals surface area contributed by atoms with E-state index in [4.69, 9.17) is 15.3 Å². The van der Waals surface area contributed by atoms with Crippen molar-refractivity contribution in [3.8, 4) is 50.6 Å². The van der Waals surface area contributed by atoms with Gasteiger partial charge in [-0.25, -0.2) is 29.3 Å². The van der Waals surface area contributed by atoms with Gasteiger partial charge >= 0.3 is 17.9 Å². The third-order valence-electron chi connectivity index (χ3n) is 8.45. The average Bonchev–Trinajstić information content (AvgIpc) is 3.27. The largest absolute Gasteiger partial charge is 0.508 e. The van der Waals surface area contributed by atoms with Gasteiger partial charge in [0.2, 0.25) is 0 Å². The molecule has 3 heterocycles. The van der Waals surface area contributed by atoms with E-state index in [9.17, 15) is 44.1 Å². The number of carboxylic acid groups (broad SMARTS) is 3. The topological polar surface area (TPSA) is 299 Å². The van der Waals surface area contributed by atoms with Crippen LogP contribution in [0.25, 0.3) is 33.4 Å². The van der Waals surface area contributed by atoms with Crippen LogP contribution >= 0.6 is 0 Å². The molecule has 0 aliphatic rings. The van der Waals surface area contributed by atoms with E-state index in [1.165, 1.54) is 72.8 Å². The molecular weight excluding hydrogens is 968 g/mol. The summed E-state index contributed by atoms with van der Waals surface area (Å²) in [6.45, 7) is 6.56. The maximum absolute atomic E-state index is 11.9. The molecule has 6 aromatic rings. The molecule has 9 N–H and O–H groups in total. The van der Waals surface area contributed by atoms with Crippen LogP contribution in [-0.4, -0.2) is 101 Å². The van der Waals surface area contributed by atoms with Crippen LogP contribution in [-0.2, 0) is 0 Å². The molecule has 19 heteroatoms. The van der Waals surface area contributed by atoms with Gasteiger partial charge in [-0.1, -0.05) is 36.4 Å². The zero-order chi connectivity index (χ0) is 46.2.